The van der Waals surface area contributed by atoms with Gasteiger partial charge >= 0.3 is 0 Å². The number of aromatic nitrogens is 3. The van der Waals surface area contributed by atoms with Gasteiger partial charge in [0.25, 0.3) is 5.69 Å². The molecular formula is C13H7ClN4O2. The Hall–Kier alpha value is -2.60. The summed E-state index contributed by atoms with van der Waals surface area (Å²) in [6, 6.07) is 6.77. The van der Waals surface area contributed by atoms with Crippen molar-refractivity contribution in [2.45, 2.75) is 0 Å². The molecule has 0 bridgehead atoms. The van der Waals surface area contributed by atoms with E-state index in [0.717, 1.165) is 16.3 Å². The Balaban J connectivity index is 2.35. The van der Waals surface area contributed by atoms with Crippen LogP contribution in [0.15, 0.2) is 30.5 Å². The number of aromatic amines is 2. The predicted octanol–water partition coefficient (Wildman–Crippen LogP) is 3.76. The van der Waals surface area contributed by atoms with Gasteiger partial charge in [-0.1, -0.05) is 11.6 Å². The van der Waals surface area contributed by atoms with Gasteiger partial charge in [0, 0.05) is 33.4 Å². The Morgan fingerprint density at radius 1 is 1.30 bits per heavy atom. The molecule has 20 heavy (non-hydrogen) atoms. The van der Waals surface area contributed by atoms with Crippen LogP contribution in [0.4, 0.5) is 5.69 Å². The van der Waals surface area contributed by atoms with Crippen LogP contribution in [0.3, 0.4) is 0 Å². The topological polar surface area (TPSA) is 87.6 Å². The summed E-state index contributed by atoms with van der Waals surface area (Å²) in [5.41, 5.74) is 1.84. The molecule has 98 valence electrons. The van der Waals surface area contributed by atoms with E-state index in [2.05, 4.69) is 15.2 Å². The number of non-ortho nitro benzene ring substituents is 1. The van der Waals surface area contributed by atoms with Crippen LogP contribution in [0.2, 0.25) is 5.02 Å². The van der Waals surface area contributed by atoms with Crippen molar-refractivity contribution in [3.05, 3.63) is 45.6 Å². The van der Waals surface area contributed by atoms with E-state index in [1.165, 1.54) is 6.07 Å². The van der Waals surface area contributed by atoms with E-state index in [1.807, 2.05) is 0 Å². The number of rotatable bonds is 1. The van der Waals surface area contributed by atoms with Gasteiger partial charge in [-0.05, 0) is 18.2 Å². The summed E-state index contributed by atoms with van der Waals surface area (Å²) in [7, 11) is 0. The Bertz CT molecular complexity index is 1000. The first-order valence-electron chi connectivity index (χ1n) is 5.87. The van der Waals surface area contributed by atoms with Crippen LogP contribution >= 0.6 is 11.6 Å². The fraction of sp³-hybridized carbons (Fsp3) is 0. The summed E-state index contributed by atoms with van der Waals surface area (Å²) in [4.78, 5) is 15.2. The molecular weight excluding hydrogens is 280 g/mol. The Labute approximate surface area is 116 Å². The highest BCUT2D eigenvalue weighted by Gasteiger charge is 2.21. The first-order chi connectivity index (χ1) is 9.65. The van der Waals surface area contributed by atoms with E-state index >= 15 is 0 Å². The van der Waals surface area contributed by atoms with Gasteiger partial charge in [-0.25, -0.2) is 4.98 Å². The van der Waals surface area contributed by atoms with Gasteiger partial charge in [0.05, 0.1) is 16.0 Å². The largest absolute Gasteiger partial charge is 0.307 e. The smallest absolute Gasteiger partial charge is 0.296 e. The SMILES string of the molecule is O=[N+]([O-])c1cc2c[nH][nH]c2c2c1nc1ccc(Cl)cc12. The number of nitrogens with one attached hydrogen (secondary N) is 2. The van der Waals surface area contributed by atoms with E-state index in [0.29, 0.717) is 21.4 Å². The molecule has 0 aliphatic rings. The molecule has 4 rings (SSSR count). The predicted molar refractivity (Wildman–Crippen MR) is 77.1 cm³/mol. The van der Waals surface area contributed by atoms with Gasteiger partial charge < -0.3 is 10.2 Å². The molecule has 0 atom stereocenters. The monoisotopic (exact) mass is 286 g/mol. The summed E-state index contributed by atoms with van der Waals surface area (Å²) >= 11 is 6.02. The van der Waals surface area contributed by atoms with Gasteiger partial charge in [-0.2, -0.15) is 0 Å². The maximum absolute atomic E-state index is 11.2. The highest BCUT2D eigenvalue weighted by Crippen LogP contribution is 2.37. The standard InChI is InChI=1S/C13H7ClN4O2/c14-7-1-2-9-8(4-7)11-12-6(5-15-17-12)3-10(18(19)20)13(11)16-9/h1-5,15,17H. The third-order valence-electron chi connectivity index (χ3n) is 3.39. The number of fused-ring (bicyclic) bond motifs is 5. The molecule has 0 spiro atoms. The van der Waals surface area contributed by atoms with Crippen LogP contribution in [0.1, 0.15) is 0 Å². The molecule has 0 saturated carbocycles. The lowest BCUT2D eigenvalue weighted by atomic mass is 10.1. The molecule has 4 aromatic rings. The molecule has 2 heterocycles. The number of nitro benzene ring substituents is 1. The number of halogens is 1. The zero-order valence-corrected chi connectivity index (χ0v) is 10.7. The molecule has 2 aromatic carbocycles. The molecule has 2 N–H and O–H groups in total. The van der Waals surface area contributed by atoms with Crippen molar-refractivity contribution < 1.29 is 4.92 Å². The fourth-order valence-corrected chi connectivity index (χ4v) is 2.73. The molecule has 7 heteroatoms. The number of H-pyrrole nitrogens is 2. The highest BCUT2D eigenvalue weighted by molar-refractivity contribution is 6.32. The summed E-state index contributed by atoms with van der Waals surface area (Å²) in [5, 5.41) is 19.9. The van der Waals surface area contributed by atoms with Gasteiger partial charge in [-0.3, -0.25) is 10.1 Å². The second kappa shape index (κ2) is 3.71. The molecule has 0 aliphatic carbocycles. The quantitative estimate of drug-likeness (QED) is 0.412. The van der Waals surface area contributed by atoms with Crippen molar-refractivity contribution in [2.75, 3.05) is 0 Å². The number of nitrogens with zero attached hydrogens (tertiary/aromatic N) is 2. The average Bonchev–Trinajstić information content (AvgIpc) is 2.99. The lowest BCUT2D eigenvalue weighted by Crippen LogP contribution is -1.89. The molecule has 0 unspecified atom stereocenters. The Morgan fingerprint density at radius 2 is 2.15 bits per heavy atom. The molecule has 0 saturated heterocycles. The maximum Gasteiger partial charge on any atom is 0.296 e. The summed E-state index contributed by atoms with van der Waals surface area (Å²) < 4.78 is 0. The molecule has 0 fully saturated rings. The van der Waals surface area contributed by atoms with Crippen LogP contribution in [-0.2, 0) is 0 Å². The van der Waals surface area contributed by atoms with Crippen molar-refractivity contribution in [3.63, 3.8) is 0 Å². The van der Waals surface area contributed by atoms with Crippen molar-refractivity contribution >= 4 is 50.0 Å². The second-order valence-electron chi connectivity index (χ2n) is 4.53. The van der Waals surface area contributed by atoms with Crippen LogP contribution < -0.4 is 0 Å². The first kappa shape index (κ1) is 11.2. The van der Waals surface area contributed by atoms with Crippen LogP contribution in [0.25, 0.3) is 32.7 Å². The minimum atomic E-state index is -0.414. The van der Waals surface area contributed by atoms with Crippen molar-refractivity contribution in [1.82, 2.24) is 15.2 Å². The number of benzene rings is 2. The van der Waals surface area contributed by atoms with Crippen molar-refractivity contribution in [2.24, 2.45) is 0 Å². The number of nitro groups is 1. The zero-order valence-electron chi connectivity index (χ0n) is 9.98. The van der Waals surface area contributed by atoms with Gasteiger partial charge in [-0.15, -0.1) is 0 Å². The van der Waals surface area contributed by atoms with E-state index in [-0.39, 0.29) is 5.69 Å². The molecule has 6 nitrogen and oxygen atoms in total. The van der Waals surface area contributed by atoms with Gasteiger partial charge in [0.2, 0.25) is 0 Å². The van der Waals surface area contributed by atoms with E-state index in [1.54, 1.807) is 24.4 Å². The minimum absolute atomic E-state index is 0.00665. The van der Waals surface area contributed by atoms with Gasteiger partial charge in [0.15, 0.2) is 5.52 Å². The zero-order chi connectivity index (χ0) is 13.9. The first-order valence-corrected chi connectivity index (χ1v) is 6.25. The second-order valence-corrected chi connectivity index (χ2v) is 4.96. The third kappa shape index (κ3) is 1.36. The molecule has 0 radical (unpaired) electrons. The normalized spacial score (nSPS) is 11.7. The molecule has 0 amide bonds. The van der Waals surface area contributed by atoms with E-state index in [9.17, 15) is 10.1 Å². The highest BCUT2D eigenvalue weighted by atomic mass is 35.5. The summed E-state index contributed by atoms with van der Waals surface area (Å²) in [6.07, 6.45) is 1.69. The minimum Gasteiger partial charge on any atom is -0.307 e. The summed E-state index contributed by atoms with van der Waals surface area (Å²) in [6.45, 7) is 0. The van der Waals surface area contributed by atoms with Crippen LogP contribution in [0, 0.1) is 10.1 Å². The van der Waals surface area contributed by atoms with Crippen LogP contribution in [-0.4, -0.2) is 20.1 Å². The van der Waals surface area contributed by atoms with Gasteiger partial charge in [0.1, 0.15) is 0 Å². The maximum atomic E-state index is 11.2. The van der Waals surface area contributed by atoms with E-state index < -0.39 is 4.92 Å². The Morgan fingerprint density at radius 3 is 2.95 bits per heavy atom. The lowest BCUT2D eigenvalue weighted by molar-refractivity contribution is -0.383. The van der Waals surface area contributed by atoms with Crippen molar-refractivity contribution in [1.29, 1.82) is 0 Å². The molecule has 0 aliphatic heterocycles. The molecule has 2 aromatic heterocycles. The van der Waals surface area contributed by atoms with Crippen molar-refractivity contribution in [3.8, 4) is 0 Å². The van der Waals surface area contributed by atoms with E-state index in [4.69, 9.17) is 11.6 Å². The third-order valence-corrected chi connectivity index (χ3v) is 3.63. The van der Waals surface area contributed by atoms with Crippen LogP contribution in [0.5, 0.6) is 0 Å². The number of hydrogen-bond donors (Lipinski definition) is 2. The number of hydrogen-bond acceptors (Lipinski definition) is 3. The average molecular weight is 287 g/mol. The lowest BCUT2D eigenvalue weighted by Gasteiger charge is -1.96. The fourth-order valence-electron chi connectivity index (χ4n) is 2.55. The Kier molecular flexibility index (Phi) is 2.08. The summed E-state index contributed by atoms with van der Waals surface area (Å²) in [5.74, 6) is 0.